The lowest BCUT2D eigenvalue weighted by atomic mass is 10.1. The Kier molecular flexibility index (Phi) is 8.47. The third kappa shape index (κ3) is 7.86. The summed E-state index contributed by atoms with van der Waals surface area (Å²) >= 11 is 0. The number of hydrogen-bond donors (Lipinski definition) is 1. The molecule has 0 saturated heterocycles. The lowest BCUT2D eigenvalue weighted by molar-refractivity contribution is 0.559. The van der Waals surface area contributed by atoms with Crippen molar-refractivity contribution in [3.05, 3.63) is 24.0 Å². The predicted molar refractivity (Wildman–Crippen MR) is 71.7 cm³/mol. The lowest BCUT2D eigenvalue weighted by Crippen LogP contribution is -2.15. The summed E-state index contributed by atoms with van der Waals surface area (Å²) in [5.41, 5.74) is 1.02. The second kappa shape index (κ2) is 10.2. The maximum Gasteiger partial charge on any atom is 0.0768 e. The van der Waals surface area contributed by atoms with Gasteiger partial charge in [-0.25, -0.2) is 0 Å². The maximum absolute atomic E-state index is 4.03. The van der Waals surface area contributed by atoms with Gasteiger partial charge < -0.3 is 5.32 Å². The fourth-order valence-electron chi connectivity index (χ4n) is 1.85. The van der Waals surface area contributed by atoms with E-state index in [4.69, 9.17) is 0 Å². The second-order valence-electron chi connectivity index (χ2n) is 4.51. The average molecular weight is 235 g/mol. The first-order valence-corrected chi connectivity index (χ1v) is 6.90. The molecule has 0 unspecified atom stereocenters. The van der Waals surface area contributed by atoms with Crippen LogP contribution in [0.3, 0.4) is 0 Å². The van der Waals surface area contributed by atoms with E-state index in [2.05, 4.69) is 22.4 Å². The molecular formula is C14H25N3. The molecule has 1 N–H and O–H groups in total. The van der Waals surface area contributed by atoms with E-state index < -0.39 is 0 Å². The lowest BCUT2D eigenvalue weighted by Gasteiger charge is -2.03. The van der Waals surface area contributed by atoms with Crippen LogP contribution in [0.4, 0.5) is 0 Å². The van der Waals surface area contributed by atoms with E-state index in [0.717, 1.165) is 18.8 Å². The fraction of sp³-hybridized carbons (Fsp3) is 0.714. The Balaban J connectivity index is 1.85. The summed E-state index contributed by atoms with van der Waals surface area (Å²) in [5.74, 6) is 0. The standard InChI is InChI=1S/C14H25N3/c1-2-3-4-5-6-7-8-11-15-13-14-10-9-12-16-17-14/h9-10,12,15H,2-8,11,13H2,1H3. The van der Waals surface area contributed by atoms with E-state index in [9.17, 15) is 0 Å². The monoisotopic (exact) mass is 235 g/mol. The fourth-order valence-corrected chi connectivity index (χ4v) is 1.85. The molecule has 0 amide bonds. The van der Waals surface area contributed by atoms with E-state index >= 15 is 0 Å². The molecular weight excluding hydrogens is 210 g/mol. The normalized spacial score (nSPS) is 10.6. The molecule has 0 saturated carbocycles. The second-order valence-corrected chi connectivity index (χ2v) is 4.51. The highest BCUT2D eigenvalue weighted by Crippen LogP contribution is 2.06. The van der Waals surface area contributed by atoms with Crippen molar-refractivity contribution in [3.63, 3.8) is 0 Å². The van der Waals surface area contributed by atoms with Gasteiger partial charge >= 0.3 is 0 Å². The van der Waals surface area contributed by atoms with Gasteiger partial charge in [-0.15, -0.1) is 0 Å². The van der Waals surface area contributed by atoms with Crippen LogP contribution >= 0.6 is 0 Å². The van der Waals surface area contributed by atoms with Gasteiger partial charge in [0.05, 0.1) is 5.69 Å². The molecule has 1 aromatic rings. The molecule has 3 heteroatoms. The van der Waals surface area contributed by atoms with Crippen molar-refractivity contribution in [2.45, 2.75) is 58.4 Å². The van der Waals surface area contributed by atoms with Crippen molar-refractivity contribution >= 4 is 0 Å². The van der Waals surface area contributed by atoms with Gasteiger partial charge in [0.25, 0.3) is 0 Å². The number of unbranched alkanes of at least 4 members (excludes halogenated alkanes) is 6. The van der Waals surface area contributed by atoms with Crippen LogP contribution in [0, 0.1) is 0 Å². The quantitative estimate of drug-likeness (QED) is 0.632. The van der Waals surface area contributed by atoms with E-state index in [0.29, 0.717) is 0 Å². The Hall–Kier alpha value is -0.960. The van der Waals surface area contributed by atoms with Crippen LogP contribution in [0.25, 0.3) is 0 Å². The smallest absolute Gasteiger partial charge is 0.0768 e. The summed E-state index contributed by atoms with van der Waals surface area (Å²) in [4.78, 5) is 0. The number of aromatic nitrogens is 2. The first-order chi connectivity index (χ1) is 8.43. The van der Waals surface area contributed by atoms with E-state index in [1.807, 2.05) is 12.1 Å². The Morgan fingerprint density at radius 2 is 1.82 bits per heavy atom. The minimum absolute atomic E-state index is 0.837. The van der Waals surface area contributed by atoms with Gasteiger partial charge in [-0.3, -0.25) is 0 Å². The first-order valence-electron chi connectivity index (χ1n) is 6.90. The highest BCUT2D eigenvalue weighted by Gasteiger charge is 1.93. The van der Waals surface area contributed by atoms with Crippen LogP contribution in [0.1, 0.15) is 57.6 Å². The zero-order valence-corrected chi connectivity index (χ0v) is 11.0. The molecule has 0 atom stereocenters. The molecule has 0 radical (unpaired) electrons. The van der Waals surface area contributed by atoms with Crippen molar-refractivity contribution < 1.29 is 0 Å². The number of nitrogens with zero attached hydrogens (tertiary/aromatic N) is 2. The summed E-state index contributed by atoms with van der Waals surface area (Å²) < 4.78 is 0. The average Bonchev–Trinajstić information content (AvgIpc) is 2.38. The van der Waals surface area contributed by atoms with Crippen molar-refractivity contribution in [2.24, 2.45) is 0 Å². The SMILES string of the molecule is CCCCCCCCCNCc1cccnn1. The predicted octanol–water partition coefficient (Wildman–Crippen LogP) is 3.32. The van der Waals surface area contributed by atoms with Crippen LogP contribution in [0.15, 0.2) is 18.3 Å². The molecule has 3 nitrogen and oxygen atoms in total. The van der Waals surface area contributed by atoms with E-state index in [-0.39, 0.29) is 0 Å². The van der Waals surface area contributed by atoms with Crippen molar-refractivity contribution in [1.82, 2.24) is 15.5 Å². The highest BCUT2D eigenvalue weighted by molar-refractivity contribution is 4.98. The zero-order chi connectivity index (χ0) is 12.2. The van der Waals surface area contributed by atoms with Gasteiger partial charge in [-0.05, 0) is 25.1 Å². The minimum atomic E-state index is 0.837. The largest absolute Gasteiger partial charge is 0.311 e. The highest BCUT2D eigenvalue weighted by atomic mass is 15.1. The van der Waals surface area contributed by atoms with Crippen molar-refractivity contribution in [3.8, 4) is 0 Å². The Morgan fingerprint density at radius 1 is 1.06 bits per heavy atom. The summed E-state index contributed by atoms with van der Waals surface area (Å²) in [5, 5.41) is 11.3. The van der Waals surface area contributed by atoms with Crippen LogP contribution in [0.5, 0.6) is 0 Å². The Bertz CT molecular complexity index is 261. The summed E-state index contributed by atoms with van der Waals surface area (Å²) in [6, 6.07) is 3.93. The van der Waals surface area contributed by atoms with Gasteiger partial charge in [-0.2, -0.15) is 10.2 Å². The molecule has 0 aliphatic rings. The Morgan fingerprint density at radius 3 is 2.53 bits per heavy atom. The summed E-state index contributed by atoms with van der Waals surface area (Å²) in [6.45, 7) is 4.18. The van der Waals surface area contributed by atoms with Gasteiger partial charge in [0, 0.05) is 12.7 Å². The van der Waals surface area contributed by atoms with Crippen LogP contribution in [0.2, 0.25) is 0 Å². The third-order valence-electron chi connectivity index (χ3n) is 2.89. The molecule has 0 aliphatic carbocycles. The van der Waals surface area contributed by atoms with E-state index in [1.165, 1.54) is 44.9 Å². The van der Waals surface area contributed by atoms with Gasteiger partial charge in [0.1, 0.15) is 0 Å². The van der Waals surface area contributed by atoms with Crippen LogP contribution in [-0.2, 0) is 6.54 Å². The number of hydrogen-bond acceptors (Lipinski definition) is 3. The van der Waals surface area contributed by atoms with E-state index in [1.54, 1.807) is 6.20 Å². The molecule has 0 aliphatic heterocycles. The van der Waals surface area contributed by atoms with Crippen LogP contribution in [-0.4, -0.2) is 16.7 Å². The molecule has 96 valence electrons. The van der Waals surface area contributed by atoms with Crippen LogP contribution < -0.4 is 5.32 Å². The summed E-state index contributed by atoms with van der Waals surface area (Å²) in [6.07, 6.45) is 11.2. The van der Waals surface area contributed by atoms with Gasteiger partial charge in [0.2, 0.25) is 0 Å². The zero-order valence-electron chi connectivity index (χ0n) is 11.0. The summed E-state index contributed by atoms with van der Waals surface area (Å²) in [7, 11) is 0. The maximum atomic E-state index is 4.03. The van der Waals surface area contributed by atoms with Gasteiger partial charge in [-0.1, -0.05) is 45.4 Å². The molecule has 1 heterocycles. The van der Waals surface area contributed by atoms with Crippen molar-refractivity contribution in [1.29, 1.82) is 0 Å². The first kappa shape index (κ1) is 14.1. The molecule has 0 bridgehead atoms. The molecule has 0 fully saturated rings. The number of rotatable bonds is 10. The van der Waals surface area contributed by atoms with Gasteiger partial charge in [0.15, 0.2) is 0 Å². The molecule has 1 aromatic heterocycles. The number of nitrogens with one attached hydrogen (secondary N) is 1. The molecule has 1 rings (SSSR count). The molecule has 17 heavy (non-hydrogen) atoms. The third-order valence-corrected chi connectivity index (χ3v) is 2.89. The Labute approximate surface area is 105 Å². The molecule has 0 spiro atoms. The minimum Gasteiger partial charge on any atom is -0.311 e. The molecule has 0 aromatic carbocycles. The topological polar surface area (TPSA) is 37.8 Å². The van der Waals surface area contributed by atoms with Crippen molar-refractivity contribution in [2.75, 3.05) is 6.54 Å².